The molecule has 12 heteroatoms. The van der Waals surface area contributed by atoms with Crippen LogP contribution in [-0.4, -0.2) is 113 Å². The summed E-state index contributed by atoms with van der Waals surface area (Å²) >= 11 is 0. The third-order valence-electron chi connectivity index (χ3n) is 10.3. The Bertz CT molecular complexity index is 1180. The Hall–Kier alpha value is -2.64. The van der Waals surface area contributed by atoms with Crippen LogP contribution in [0.1, 0.15) is 82.6 Å². The number of aliphatic hydroxyl groups excluding tert-OH is 3. The lowest BCUT2D eigenvalue weighted by molar-refractivity contribution is -0.190. The minimum absolute atomic E-state index is 0.0173. The number of ketones is 4. The van der Waals surface area contributed by atoms with Crippen molar-refractivity contribution in [2.24, 2.45) is 40.4 Å². The van der Waals surface area contributed by atoms with Crippen LogP contribution in [-0.2, 0) is 28.8 Å². The number of amides is 1. The molecule has 276 valence electrons. The molecule has 9 atom stereocenters. The summed E-state index contributed by atoms with van der Waals surface area (Å²) in [4.78, 5) is 89.8. The van der Waals surface area contributed by atoms with Crippen molar-refractivity contribution in [2.75, 3.05) is 21.1 Å². The number of hydrogen-bond donors (Lipinski definition) is 5. The van der Waals surface area contributed by atoms with Gasteiger partial charge >= 0.3 is 0 Å². The van der Waals surface area contributed by atoms with Gasteiger partial charge in [-0.25, -0.2) is 0 Å². The molecule has 0 aromatic carbocycles. The number of rotatable bonds is 22. The Labute approximate surface area is 287 Å². The van der Waals surface area contributed by atoms with E-state index in [0.29, 0.717) is 11.3 Å². The van der Waals surface area contributed by atoms with E-state index in [9.17, 15) is 29.7 Å². The predicted octanol–water partition coefficient (Wildman–Crippen LogP) is 1.77. The zero-order valence-electron chi connectivity index (χ0n) is 31.6. The monoisotopic (exact) mass is 681 g/mol. The molecule has 0 unspecified atom stereocenters. The van der Waals surface area contributed by atoms with Gasteiger partial charge in [-0.3, -0.25) is 24.0 Å². The normalized spacial score (nSPS) is 19.2. The average Bonchev–Trinajstić information content (AvgIpc) is 3.04. The van der Waals surface area contributed by atoms with Crippen LogP contribution in [0, 0.1) is 40.4 Å². The van der Waals surface area contributed by atoms with E-state index in [1.165, 1.54) is 75.6 Å². The van der Waals surface area contributed by atoms with Crippen molar-refractivity contribution in [3.8, 4) is 0 Å². The largest absolute Gasteiger partial charge is 0.385 e. The van der Waals surface area contributed by atoms with E-state index in [0.717, 1.165) is 7.05 Å². The number of aliphatic hydroxyl groups is 3. The summed E-state index contributed by atoms with van der Waals surface area (Å²) in [5, 5.41) is 39.7. The maximum Gasteiger partial charge on any atom is 0.252 e. The summed E-state index contributed by atoms with van der Waals surface area (Å²) in [5.74, 6) is -9.50. The van der Waals surface area contributed by atoms with E-state index in [1.807, 2.05) is 0 Å². The topological polar surface area (TPSA) is 190 Å². The molecule has 0 aliphatic carbocycles. The van der Waals surface area contributed by atoms with Crippen molar-refractivity contribution in [3.63, 3.8) is 0 Å². The molecule has 5 N–H and O–H groups in total. The summed E-state index contributed by atoms with van der Waals surface area (Å²) in [6.07, 6.45) is -3.83. The van der Waals surface area contributed by atoms with Gasteiger partial charge in [-0.2, -0.15) is 0 Å². The molecular weight excluding hydrogens is 618 g/mol. The van der Waals surface area contributed by atoms with E-state index in [-0.39, 0.29) is 6.29 Å². The molecule has 0 aliphatic heterocycles. The Morgan fingerprint density at radius 2 is 1.15 bits per heavy atom. The second-order valence-electron chi connectivity index (χ2n) is 14.7. The van der Waals surface area contributed by atoms with Crippen molar-refractivity contribution in [3.05, 3.63) is 12.7 Å². The SMILES string of the molecule is C=C[C@H](C)[C@@H](NC)C(=O)[C@](C=O)(N(C)C(=O)[C@H](O)C(C)C)[C@](C(=O)[C@@H](NC)[C@H](C)CC)(C(=O)[C@H](O)C(C)C)C(C)(C)C(=O)[C@H](O)C(C)C. The molecule has 0 saturated heterocycles. The number of carbonyl (C=O) groups is 6. The van der Waals surface area contributed by atoms with Gasteiger partial charge in [-0.05, 0) is 43.7 Å². The summed E-state index contributed by atoms with van der Waals surface area (Å²) in [7, 11) is 3.88. The first-order valence-corrected chi connectivity index (χ1v) is 16.9. The van der Waals surface area contributed by atoms with Gasteiger partial charge in [0.15, 0.2) is 35.0 Å². The number of nitrogens with zero attached hydrogens (tertiary/aromatic N) is 1. The Balaban J connectivity index is 9.47. The second-order valence-corrected chi connectivity index (χ2v) is 14.7. The number of carbonyl (C=O) groups excluding carboxylic acids is 6. The van der Waals surface area contributed by atoms with Gasteiger partial charge in [0.05, 0.1) is 12.1 Å². The van der Waals surface area contributed by atoms with Crippen LogP contribution in [0.15, 0.2) is 12.7 Å². The van der Waals surface area contributed by atoms with Gasteiger partial charge in [0.2, 0.25) is 0 Å². The van der Waals surface area contributed by atoms with Gasteiger partial charge in [0, 0.05) is 12.5 Å². The molecule has 0 bridgehead atoms. The van der Waals surface area contributed by atoms with Gasteiger partial charge < -0.3 is 35.6 Å². The molecule has 0 heterocycles. The van der Waals surface area contributed by atoms with E-state index >= 15 is 14.4 Å². The molecule has 1 amide bonds. The van der Waals surface area contributed by atoms with Crippen LogP contribution in [0.3, 0.4) is 0 Å². The fourth-order valence-electron chi connectivity index (χ4n) is 6.60. The molecule has 0 aliphatic rings. The standard InChI is InChI=1S/C36H63N3O9/c1-16-22(9)24(37-13)29(44)35(18-40,39(15)33(48)28(43)21(7)8)36(32(47)27(42)20(5)6,30(45)25(38-14)23(10)17-2)34(11,12)31(46)26(41)19(3)4/h16,18-28,37-38,41-43H,1,17H2,2-15H3/t22-,23+,24+,25-,26+,27+,28+,35-,36+/m0/s1. The van der Waals surface area contributed by atoms with Gasteiger partial charge in [-0.15, -0.1) is 6.58 Å². The van der Waals surface area contributed by atoms with E-state index in [4.69, 9.17) is 0 Å². The first kappa shape index (κ1) is 45.4. The highest BCUT2D eigenvalue weighted by atomic mass is 16.3. The maximum absolute atomic E-state index is 15.6. The van der Waals surface area contributed by atoms with E-state index in [2.05, 4.69) is 17.2 Å². The minimum atomic E-state index is -3.16. The molecule has 12 nitrogen and oxygen atoms in total. The number of likely N-dealkylation sites (N-methyl/N-ethyl adjacent to an activating group) is 3. The average molecular weight is 682 g/mol. The number of Topliss-reactive ketones (excluding diaryl/α,β-unsaturated/α-hetero) is 4. The molecule has 0 aromatic heterocycles. The Morgan fingerprint density at radius 3 is 1.48 bits per heavy atom. The quantitative estimate of drug-likeness (QED) is 0.0636. The van der Waals surface area contributed by atoms with Crippen molar-refractivity contribution < 1.29 is 44.1 Å². The third-order valence-corrected chi connectivity index (χ3v) is 10.3. The van der Waals surface area contributed by atoms with Crippen molar-refractivity contribution in [2.45, 2.75) is 119 Å². The van der Waals surface area contributed by atoms with Gasteiger partial charge in [-0.1, -0.05) is 88.7 Å². The lowest BCUT2D eigenvalue weighted by atomic mass is 9.45. The number of nitrogens with one attached hydrogen (secondary N) is 2. The first-order valence-electron chi connectivity index (χ1n) is 16.9. The molecule has 0 fully saturated rings. The lowest BCUT2D eigenvalue weighted by Crippen LogP contribution is -2.82. The zero-order chi connectivity index (χ0) is 38.3. The highest BCUT2D eigenvalue weighted by Crippen LogP contribution is 2.55. The summed E-state index contributed by atoms with van der Waals surface area (Å²) in [6, 6.07) is -2.66. The van der Waals surface area contributed by atoms with Crippen molar-refractivity contribution in [1.82, 2.24) is 15.5 Å². The molecule has 0 spiro atoms. The van der Waals surface area contributed by atoms with Crippen LogP contribution >= 0.6 is 0 Å². The fourth-order valence-corrected chi connectivity index (χ4v) is 6.60. The summed E-state index contributed by atoms with van der Waals surface area (Å²) < 4.78 is 0. The molecule has 0 saturated carbocycles. The summed E-state index contributed by atoms with van der Waals surface area (Å²) in [5.41, 5.74) is -8.76. The maximum atomic E-state index is 15.6. The number of aldehydes is 1. The minimum Gasteiger partial charge on any atom is -0.385 e. The third kappa shape index (κ3) is 7.72. The highest BCUT2D eigenvalue weighted by Gasteiger charge is 2.77. The lowest BCUT2D eigenvalue weighted by Gasteiger charge is -2.58. The summed E-state index contributed by atoms with van der Waals surface area (Å²) in [6.45, 7) is 20.3. The van der Waals surface area contributed by atoms with Crippen LogP contribution in [0.4, 0.5) is 0 Å². The van der Waals surface area contributed by atoms with Gasteiger partial charge in [0.1, 0.15) is 23.7 Å². The van der Waals surface area contributed by atoms with E-state index in [1.54, 1.807) is 20.8 Å². The van der Waals surface area contributed by atoms with Crippen LogP contribution in [0.5, 0.6) is 0 Å². The van der Waals surface area contributed by atoms with Crippen LogP contribution in [0.2, 0.25) is 0 Å². The van der Waals surface area contributed by atoms with E-state index < -0.39 is 105 Å². The predicted molar refractivity (Wildman–Crippen MR) is 185 cm³/mol. The Morgan fingerprint density at radius 1 is 0.729 bits per heavy atom. The van der Waals surface area contributed by atoms with Crippen molar-refractivity contribution in [1.29, 1.82) is 0 Å². The molecule has 0 radical (unpaired) electrons. The Kier molecular flexibility index (Phi) is 16.9. The van der Waals surface area contributed by atoms with Gasteiger partial charge in [0.25, 0.3) is 5.91 Å². The molecule has 48 heavy (non-hydrogen) atoms. The van der Waals surface area contributed by atoms with Crippen LogP contribution in [0.25, 0.3) is 0 Å². The first-order chi connectivity index (χ1) is 21.9. The fraction of sp³-hybridized carbons (Fsp3) is 0.778. The van der Waals surface area contributed by atoms with Crippen LogP contribution < -0.4 is 10.6 Å². The number of hydrogen-bond acceptors (Lipinski definition) is 11. The molecule has 0 rings (SSSR count). The van der Waals surface area contributed by atoms with Crippen molar-refractivity contribution >= 4 is 35.3 Å². The molecular formula is C36H63N3O9. The molecule has 0 aromatic rings. The smallest absolute Gasteiger partial charge is 0.252 e. The highest BCUT2D eigenvalue weighted by molar-refractivity contribution is 6.26. The zero-order valence-corrected chi connectivity index (χ0v) is 31.6. The second kappa shape index (κ2) is 17.8.